The van der Waals surface area contributed by atoms with E-state index in [9.17, 15) is 9.59 Å². The van der Waals surface area contributed by atoms with E-state index >= 15 is 0 Å². The highest BCUT2D eigenvalue weighted by molar-refractivity contribution is 5.91. The summed E-state index contributed by atoms with van der Waals surface area (Å²) in [5, 5.41) is 4.28. The summed E-state index contributed by atoms with van der Waals surface area (Å²) in [5.41, 5.74) is 8.70. The molecule has 2 unspecified atom stereocenters. The molecule has 0 aromatic rings. The second-order valence-electron chi connectivity index (χ2n) is 11.6. The Kier molecular flexibility index (Phi) is 5.95. The van der Waals surface area contributed by atoms with Gasteiger partial charge in [0.1, 0.15) is 6.04 Å². The van der Waals surface area contributed by atoms with Gasteiger partial charge in [-0.05, 0) is 92.4 Å². The van der Waals surface area contributed by atoms with Gasteiger partial charge in [0.25, 0.3) is 0 Å². The van der Waals surface area contributed by atoms with Crippen LogP contribution in [0.4, 0.5) is 0 Å². The van der Waals surface area contributed by atoms with Crippen molar-refractivity contribution in [2.75, 3.05) is 0 Å². The van der Waals surface area contributed by atoms with E-state index in [2.05, 4.69) is 19.0 Å². The van der Waals surface area contributed by atoms with Crippen LogP contribution < -0.4 is 5.73 Å². The molecule has 5 nitrogen and oxygen atoms in total. The number of nitrogens with two attached hydrogens (primary N) is 1. The van der Waals surface area contributed by atoms with Gasteiger partial charge in [-0.15, -0.1) is 0 Å². The minimum Gasteiger partial charge on any atom is -0.318 e. The number of allylic oxidation sites excluding steroid dienone is 1. The van der Waals surface area contributed by atoms with E-state index < -0.39 is 12.0 Å². The van der Waals surface area contributed by atoms with E-state index in [1.165, 1.54) is 31.3 Å². The van der Waals surface area contributed by atoms with Crippen molar-refractivity contribution in [3.05, 3.63) is 11.6 Å². The van der Waals surface area contributed by atoms with Crippen LogP contribution >= 0.6 is 0 Å². The molecular weight excluding hydrogens is 388 g/mol. The van der Waals surface area contributed by atoms with Crippen LogP contribution in [-0.4, -0.2) is 23.5 Å². The van der Waals surface area contributed by atoms with Crippen molar-refractivity contribution in [1.82, 2.24) is 0 Å². The first-order valence-corrected chi connectivity index (χ1v) is 12.3. The molecule has 0 aromatic carbocycles. The maximum atomic E-state index is 12.2. The Morgan fingerprint density at radius 3 is 2.58 bits per heavy atom. The Bertz CT molecular complexity index is 815. The van der Waals surface area contributed by atoms with Crippen LogP contribution in [0.3, 0.4) is 0 Å². The number of hydrogen-bond acceptors (Lipinski definition) is 5. The second-order valence-corrected chi connectivity index (χ2v) is 11.6. The number of nitrogens with zero attached hydrogens (tertiary/aromatic N) is 1. The van der Waals surface area contributed by atoms with Crippen molar-refractivity contribution in [2.45, 2.75) is 92.0 Å². The Balaban J connectivity index is 1.51. The largest absolute Gasteiger partial charge is 0.351 e. The number of hydrogen-bond donors (Lipinski definition) is 1. The van der Waals surface area contributed by atoms with Gasteiger partial charge in [-0.2, -0.15) is 0 Å². The third-order valence-corrected chi connectivity index (χ3v) is 9.74. The number of carbonyl (C=O) groups is 2. The highest BCUT2D eigenvalue weighted by atomic mass is 16.7. The van der Waals surface area contributed by atoms with Gasteiger partial charge in [0.15, 0.2) is 5.78 Å². The van der Waals surface area contributed by atoms with Crippen molar-refractivity contribution in [3.63, 3.8) is 0 Å². The summed E-state index contributed by atoms with van der Waals surface area (Å²) in [4.78, 5) is 29.4. The summed E-state index contributed by atoms with van der Waals surface area (Å²) in [6, 6.07) is -0.633. The van der Waals surface area contributed by atoms with Gasteiger partial charge in [-0.3, -0.25) is 4.79 Å². The summed E-state index contributed by atoms with van der Waals surface area (Å²) < 4.78 is 0. The molecule has 4 rings (SSSR count). The molecule has 172 valence electrons. The van der Waals surface area contributed by atoms with Crippen molar-refractivity contribution >= 4 is 17.5 Å². The van der Waals surface area contributed by atoms with Crippen molar-refractivity contribution in [3.8, 4) is 0 Å². The molecule has 0 aliphatic heterocycles. The lowest BCUT2D eigenvalue weighted by molar-refractivity contribution is -0.146. The standard InChI is InChI=1S/C26H40N2O3/c1-15(2)23(27)24(30)31-28-16(3)20-8-9-21-19-7-6-17-14-18(29)10-12-25(17,4)22(19)11-13-26(20,21)5/h14-15,19-23H,6-13,27H2,1-5H3/b28-16+/t19?,20-,21+,22+,23?,25+,26-/m1/s1. The fourth-order valence-electron chi connectivity index (χ4n) is 7.76. The SMILES string of the molecule is C/C(=N\OC(=O)C(N)C(C)C)[C@H]1CC[C@H]2C3CCC4=CC(=O)CC[C@]4(C)[C@H]3CC[C@]12C. The van der Waals surface area contributed by atoms with Crippen LogP contribution in [0.1, 0.15) is 86.0 Å². The molecule has 0 saturated heterocycles. The highest BCUT2D eigenvalue weighted by Crippen LogP contribution is 2.66. The number of fused-ring (bicyclic) bond motifs is 5. The molecule has 2 N–H and O–H groups in total. The zero-order valence-electron chi connectivity index (χ0n) is 19.9. The molecule has 0 heterocycles. The minimum absolute atomic E-state index is 0.0355. The lowest BCUT2D eigenvalue weighted by Gasteiger charge is -2.58. The maximum absolute atomic E-state index is 12.2. The zero-order valence-corrected chi connectivity index (χ0v) is 19.9. The minimum atomic E-state index is -0.633. The van der Waals surface area contributed by atoms with Crippen LogP contribution in [0, 0.1) is 40.4 Å². The first kappa shape index (κ1) is 22.7. The van der Waals surface area contributed by atoms with Crippen molar-refractivity contribution < 1.29 is 14.4 Å². The third kappa shape index (κ3) is 3.71. The number of carbonyl (C=O) groups excluding carboxylic acids is 2. The van der Waals surface area contributed by atoms with E-state index in [0.717, 1.165) is 30.9 Å². The predicted octanol–water partition coefficient (Wildman–Crippen LogP) is 5.04. The van der Waals surface area contributed by atoms with E-state index in [0.29, 0.717) is 30.0 Å². The summed E-state index contributed by atoms with van der Waals surface area (Å²) >= 11 is 0. The smallest absolute Gasteiger partial charge is 0.318 e. The predicted molar refractivity (Wildman–Crippen MR) is 122 cm³/mol. The van der Waals surface area contributed by atoms with Gasteiger partial charge in [0.05, 0.1) is 5.71 Å². The number of ketones is 1. The lowest BCUT2D eigenvalue weighted by Crippen LogP contribution is -2.51. The Labute approximate surface area is 187 Å². The van der Waals surface area contributed by atoms with Gasteiger partial charge in [-0.1, -0.05) is 38.4 Å². The molecule has 0 aromatic heterocycles. The molecule has 0 amide bonds. The maximum Gasteiger partial charge on any atom is 0.351 e. The summed E-state index contributed by atoms with van der Waals surface area (Å²) in [6.45, 7) is 10.7. The van der Waals surface area contributed by atoms with Gasteiger partial charge >= 0.3 is 5.97 Å². The molecule has 31 heavy (non-hydrogen) atoms. The molecule has 4 aliphatic rings. The van der Waals surface area contributed by atoms with E-state index in [4.69, 9.17) is 10.6 Å². The van der Waals surface area contributed by atoms with Crippen molar-refractivity contribution in [2.24, 2.45) is 51.3 Å². The summed E-state index contributed by atoms with van der Waals surface area (Å²) in [6.07, 6.45) is 10.8. The van der Waals surface area contributed by atoms with E-state index in [1.807, 2.05) is 26.8 Å². The molecule has 7 atom stereocenters. The average Bonchev–Trinajstić information content (AvgIpc) is 3.09. The summed E-state index contributed by atoms with van der Waals surface area (Å²) in [7, 11) is 0. The monoisotopic (exact) mass is 428 g/mol. The topological polar surface area (TPSA) is 81.8 Å². The quantitative estimate of drug-likeness (QED) is 0.386. The van der Waals surface area contributed by atoms with Crippen LogP contribution in [0.5, 0.6) is 0 Å². The van der Waals surface area contributed by atoms with E-state index in [-0.39, 0.29) is 16.7 Å². The highest BCUT2D eigenvalue weighted by Gasteiger charge is 2.59. The zero-order chi connectivity index (χ0) is 22.6. The summed E-state index contributed by atoms with van der Waals surface area (Å²) in [5.74, 6) is 2.38. The van der Waals surface area contributed by atoms with Crippen LogP contribution in [0.15, 0.2) is 16.8 Å². The molecule has 0 radical (unpaired) electrons. The van der Waals surface area contributed by atoms with Crippen molar-refractivity contribution in [1.29, 1.82) is 0 Å². The Morgan fingerprint density at radius 2 is 1.87 bits per heavy atom. The fourth-order valence-corrected chi connectivity index (χ4v) is 7.76. The molecule has 3 fully saturated rings. The number of oxime groups is 1. The first-order valence-electron chi connectivity index (χ1n) is 12.3. The fraction of sp³-hybridized carbons (Fsp3) is 0.808. The van der Waals surface area contributed by atoms with Gasteiger partial charge in [0.2, 0.25) is 0 Å². The normalized spacial score (nSPS) is 41.2. The van der Waals surface area contributed by atoms with Crippen LogP contribution in [-0.2, 0) is 14.4 Å². The molecule has 5 heteroatoms. The van der Waals surface area contributed by atoms with Crippen LogP contribution in [0.25, 0.3) is 0 Å². The molecule has 4 aliphatic carbocycles. The lowest BCUT2D eigenvalue weighted by atomic mass is 9.46. The van der Waals surface area contributed by atoms with Crippen LogP contribution in [0.2, 0.25) is 0 Å². The van der Waals surface area contributed by atoms with Gasteiger partial charge in [0, 0.05) is 12.3 Å². The molecular formula is C26H40N2O3. The molecule has 3 saturated carbocycles. The number of rotatable bonds is 4. The average molecular weight is 429 g/mol. The molecule has 0 bridgehead atoms. The Morgan fingerprint density at radius 1 is 1.13 bits per heavy atom. The second kappa shape index (κ2) is 8.13. The molecule has 0 spiro atoms. The van der Waals surface area contributed by atoms with Gasteiger partial charge in [-0.25, -0.2) is 4.79 Å². The van der Waals surface area contributed by atoms with E-state index in [1.54, 1.807) is 0 Å². The first-order chi connectivity index (χ1) is 14.6. The third-order valence-electron chi connectivity index (χ3n) is 9.74. The Hall–Kier alpha value is -1.49. The van der Waals surface area contributed by atoms with Gasteiger partial charge < -0.3 is 10.6 Å².